The van der Waals surface area contributed by atoms with E-state index in [0.717, 1.165) is 43.1 Å². The Morgan fingerprint density at radius 3 is 3.04 bits per heavy atom. The summed E-state index contributed by atoms with van der Waals surface area (Å²) < 4.78 is 1.59. The van der Waals surface area contributed by atoms with Crippen molar-refractivity contribution >= 4 is 17.2 Å². The number of rotatable bonds is 5. The molecule has 6 heteroatoms. The molecule has 0 aliphatic carbocycles. The Balaban J connectivity index is 1.58. The van der Waals surface area contributed by atoms with Crippen LogP contribution in [0.1, 0.15) is 42.8 Å². The number of amides is 1. The molecule has 3 heterocycles. The lowest BCUT2D eigenvalue weighted by atomic mass is 9.98. The summed E-state index contributed by atoms with van der Waals surface area (Å²) in [6.45, 7) is 4.11. The summed E-state index contributed by atoms with van der Waals surface area (Å²) in [4.78, 5) is 30.8. The van der Waals surface area contributed by atoms with Crippen molar-refractivity contribution in [3.8, 4) is 0 Å². The van der Waals surface area contributed by atoms with Gasteiger partial charge in [0.15, 0.2) is 0 Å². The van der Waals surface area contributed by atoms with Crippen molar-refractivity contribution < 1.29 is 4.79 Å². The maximum atomic E-state index is 12.5. The standard InChI is InChI=1S/C18H23N3O2S/c1-2-15-13-24-18(19-15)14-6-5-10-21(12-14)17(23)8-11-20-9-4-3-7-16(20)22/h3-4,7,9,13-14H,2,5-6,8,10-12H2,1H3/t14-/m1/s1. The second kappa shape index (κ2) is 7.75. The molecule has 0 bridgehead atoms. The first-order chi connectivity index (χ1) is 11.7. The maximum absolute atomic E-state index is 12.5. The third kappa shape index (κ3) is 3.93. The highest BCUT2D eigenvalue weighted by Crippen LogP contribution is 2.29. The van der Waals surface area contributed by atoms with Gasteiger partial charge < -0.3 is 9.47 Å². The minimum Gasteiger partial charge on any atom is -0.342 e. The average molecular weight is 345 g/mol. The monoisotopic (exact) mass is 345 g/mol. The van der Waals surface area contributed by atoms with Crippen molar-refractivity contribution in [3.05, 3.63) is 50.8 Å². The molecule has 1 amide bonds. The molecule has 2 aromatic rings. The summed E-state index contributed by atoms with van der Waals surface area (Å²) in [5.74, 6) is 0.482. The lowest BCUT2D eigenvalue weighted by molar-refractivity contribution is -0.132. The quantitative estimate of drug-likeness (QED) is 0.837. The smallest absolute Gasteiger partial charge is 0.250 e. The van der Waals surface area contributed by atoms with Crippen LogP contribution in [0, 0.1) is 0 Å². The molecule has 1 fully saturated rings. The molecule has 1 atom stereocenters. The van der Waals surface area contributed by atoms with Crippen LogP contribution in [0.15, 0.2) is 34.6 Å². The zero-order chi connectivity index (χ0) is 16.9. The number of piperidine rings is 1. The van der Waals surface area contributed by atoms with Crippen LogP contribution >= 0.6 is 11.3 Å². The van der Waals surface area contributed by atoms with Crippen molar-refractivity contribution in [2.24, 2.45) is 0 Å². The minimum absolute atomic E-state index is 0.0586. The van der Waals surface area contributed by atoms with E-state index >= 15 is 0 Å². The zero-order valence-corrected chi connectivity index (χ0v) is 14.8. The first kappa shape index (κ1) is 16.9. The topological polar surface area (TPSA) is 55.2 Å². The number of likely N-dealkylation sites (tertiary alicyclic amines) is 1. The number of aryl methyl sites for hydroxylation is 2. The number of carbonyl (C=O) groups excluding carboxylic acids is 1. The molecule has 5 nitrogen and oxygen atoms in total. The highest BCUT2D eigenvalue weighted by Gasteiger charge is 2.26. The summed E-state index contributed by atoms with van der Waals surface area (Å²) in [7, 11) is 0. The molecule has 0 unspecified atom stereocenters. The molecule has 0 radical (unpaired) electrons. The first-order valence-corrected chi connectivity index (χ1v) is 9.43. The number of carbonyl (C=O) groups is 1. The van der Waals surface area contributed by atoms with Gasteiger partial charge in [0.25, 0.3) is 5.56 Å². The second-order valence-corrected chi connectivity index (χ2v) is 7.08. The number of hydrogen-bond acceptors (Lipinski definition) is 4. The Morgan fingerprint density at radius 1 is 1.42 bits per heavy atom. The second-order valence-electron chi connectivity index (χ2n) is 6.19. The fourth-order valence-corrected chi connectivity index (χ4v) is 4.13. The summed E-state index contributed by atoms with van der Waals surface area (Å²) >= 11 is 1.71. The number of aromatic nitrogens is 2. The van der Waals surface area contributed by atoms with Gasteiger partial charge in [0.05, 0.1) is 10.7 Å². The predicted molar refractivity (Wildman–Crippen MR) is 95.4 cm³/mol. The summed E-state index contributed by atoms with van der Waals surface area (Å²) in [5.41, 5.74) is 1.08. The van der Waals surface area contributed by atoms with E-state index in [4.69, 9.17) is 0 Å². The van der Waals surface area contributed by atoms with Crippen LogP contribution in [-0.2, 0) is 17.8 Å². The first-order valence-electron chi connectivity index (χ1n) is 8.55. The van der Waals surface area contributed by atoms with Crippen LogP contribution in [0.25, 0.3) is 0 Å². The molecular formula is C18H23N3O2S. The van der Waals surface area contributed by atoms with E-state index in [1.807, 2.05) is 11.0 Å². The van der Waals surface area contributed by atoms with Crippen LogP contribution in [0.3, 0.4) is 0 Å². The number of pyridine rings is 1. The molecular weight excluding hydrogens is 322 g/mol. The van der Waals surface area contributed by atoms with E-state index in [1.54, 1.807) is 28.2 Å². The van der Waals surface area contributed by atoms with E-state index in [1.165, 1.54) is 6.07 Å². The van der Waals surface area contributed by atoms with E-state index < -0.39 is 0 Å². The van der Waals surface area contributed by atoms with Crippen LogP contribution in [-0.4, -0.2) is 33.4 Å². The predicted octanol–water partition coefficient (Wildman–Crippen LogP) is 2.66. The largest absolute Gasteiger partial charge is 0.342 e. The molecule has 1 aliphatic rings. The van der Waals surface area contributed by atoms with Gasteiger partial charge in [-0.1, -0.05) is 13.0 Å². The SMILES string of the molecule is CCc1csc([C@@H]2CCCN(C(=O)CCn3ccccc3=O)C2)n1. The number of hydrogen-bond donors (Lipinski definition) is 0. The fraction of sp³-hybridized carbons (Fsp3) is 0.500. The fourth-order valence-electron chi connectivity index (χ4n) is 3.10. The molecule has 24 heavy (non-hydrogen) atoms. The molecule has 0 saturated carbocycles. The molecule has 0 spiro atoms. The van der Waals surface area contributed by atoms with Gasteiger partial charge in [-0.25, -0.2) is 4.98 Å². The van der Waals surface area contributed by atoms with Crippen molar-refractivity contribution in [1.82, 2.24) is 14.5 Å². The Bertz CT molecular complexity index is 752. The van der Waals surface area contributed by atoms with Crippen molar-refractivity contribution in [3.63, 3.8) is 0 Å². The van der Waals surface area contributed by atoms with E-state index in [9.17, 15) is 9.59 Å². The van der Waals surface area contributed by atoms with Gasteiger partial charge >= 0.3 is 0 Å². The van der Waals surface area contributed by atoms with E-state index in [-0.39, 0.29) is 11.5 Å². The van der Waals surface area contributed by atoms with Gasteiger partial charge in [-0.3, -0.25) is 9.59 Å². The molecule has 3 rings (SSSR count). The van der Waals surface area contributed by atoms with Crippen LogP contribution in [0.2, 0.25) is 0 Å². The molecule has 1 saturated heterocycles. The van der Waals surface area contributed by atoms with Crippen LogP contribution in [0.4, 0.5) is 0 Å². The third-order valence-corrected chi connectivity index (χ3v) is 5.58. The van der Waals surface area contributed by atoms with Gasteiger partial charge in [0, 0.05) is 49.6 Å². The zero-order valence-electron chi connectivity index (χ0n) is 14.0. The summed E-state index contributed by atoms with van der Waals surface area (Å²) in [5, 5.41) is 3.28. The summed E-state index contributed by atoms with van der Waals surface area (Å²) in [6.07, 6.45) is 5.17. The Morgan fingerprint density at radius 2 is 2.29 bits per heavy atom. The van der Waals surface area contributed by atoms with Gasteiger partial charge in [0.2, 0.25) is 5.91 Å². The number of nitrogens with zero attached hydrogens (tertiary/aromatic N) is 3. The molecule has 128 valence electrons. The van der Waals surface area contributed by atoms with Gasteiger partial charge in [0.1, 0.15) is 0 Å². The van der Waals surface area contributed by atoms with Crippen LogP contribution in [0.5, 0.6) is 0 Å². The highest BCUT2D eigenvalue weighted by molar-refractivity contribution is 7.09. The number of thiazole rings is 1. The lowest BCUT2D eigenvalue weighted by Gasteiger charge is -2.32. The molecule has 2 aromatic heterocycles. The maximum Gasteiger partial charge on any atom is 0.250 e. The van der Waals surface area contributed by atoms with Crippen molar-refractivity contribution in [1.29, 1.82) is 0 Å². The van der Waals surface area contributed by atoms with E-state index in [0.29, 0.717) is 18.9 Å². The van der Waals surface area contributed by atoms with Gasteiger partial charge in [-0.15, -0.1) is 11.3 Å². The highest BCUT2D eigenvalue weighted by atomic mass is 32.1. The Labute approximate surface area is 146 Å². The average Bonchev–Trinajstić information content (AvgIpc) is 3.10. The lowest BCUT2D eigenvalue weighted by Crippen LogP contribution is -2.39. The normalized spacial score (nSPS) is 17.9. The molecule has 0 aromatic carbocycles. The van der Waals surface area contributed by atoms with Gasteiger partial charge in [-0.2, -0.15) is 0 Å². The minimum atomic E-state index is -0.0586. The van der Waals surface area contributed by atoms with Crippen molar-refractivity contribution in [2.45, 2.75) is 45.1 Å². The third-order valence-electron chi connectivity index (χ3n) is 4.52. The molecule has 1 aliphatic heterocycles. The Kier molecular flexibility index (Phi) is 5.45. The van der Waals surface area contributed by atoms with Gasteiger partial charge in [-0.05, 0) is 25.3 Å². The summed E-state index contributed by atoms with van der Waals surface area (Å²) in [6, 6.07) is 5.06. The molecule has 0 N–H and O–H groups in total. The van der Waals surface area contributed by atoms with Crippen molar-refractivity contribution in [2.75, 3.05) is 13.1 Å². The van der Waals surface area contributed by atoms with Crippen LogP contribution < -0.4 is 5.56 Å². The van der Waals surface area contributed by atoms with E-state index in [2.05, 4.69) is 17.3 Å². The Hall–Kier alpha value is -1.95.